The van der Waals surface area contributed by atoms with Gasteiger partial charge in [-0.05, 0) is 24.1 Å². The van der Waals surface area contributed by atoms with Gasteiger partial charge in [0, 0.05) is 6.42 Å². The molecule has 0 spiro atoms. The average molecular weight is 235 g/mol. The lowest BCUT2D eigenvalue weighted by Gasteiger charge is -2.28. The molecular formula is C12H13NO4. The van der Waals surface area contributed by atoms with E-state index in [0.717, 1.165) is 5.56 Å². The fourth-order valence-electron chi connectivity index (χ4n) is 1.93. The first-order chi connectivity index (χ1) is 8.08. The summed E-state index contributed by atoms with van der Waals surface area (Å²) in [6.07, 6.45) is 0.130. The molecule has 5 heteroatoms. The third-order valence-electron chi connectivity index (χ3n) is 2.89. The summed E-state index contributed by atoms with van der Waals surface area (Å²) in [4.78, 5) is 21.9. The zero-order valence-electron chi connectivity index (χ0n) is 9.09. The zero-order valence-corrected chi connectivity index (χ0v) is 9.09. The van der Waals surface area contributed by atoms with E-state index in [-0.39, 0.29) is 11.5 Å². The molecule has 1 heterocycles. The van der Waals surface area contributed by atoms with Crippen LogP contribution in [0.4, 0.5) is 0 Å². The van der Waals surface area contributed by atoms with Crippen LogP contribution in [-0.4, -0.2) is 28.2 Å². The molecule has 0 aromatic heterocycles. The van der Waals surface area contributed by atoms with Crippen molar-refractivity contribution in [1.29, 1.82) is 0 Å². The third-order valence-corrected chi connectivity index (χ3v) is 2.89. The molecule has 1 aliphatic heterocycles. The highest BCUT2D eigenvalue weighted by Crippen LogP contribution is 2.24. The number of carbonyl (C=O) groups excluding carboxylic acids is 1. The molecule has 1 aliphatic rings. The number of hydrogen-bond acceptors (Lipinski definition) is 3. The summed E-state index contributed by atoms with van der Waals surface area (Å²) < 4.78 is 0. The number of benzene rings is 1. The second kappa shape index (κ2) is 4.55. The lowest BCUT2D eigenvalue weighted by molar-refractivity contribution is -0.126. The Kier molecular flexibility index (Phi) is 3.10. The number of rotatable bonds is 2. The Morgan fingerprint density at radius 1 is 1.29 bits per heavy atom. The Morgan fingerprint density at radius 2 is 1.94 bits per heavy atom. The van der Waals surface area contributed by atoms with Gasteiger partial charge < -0.3 is 15.5 Å². The Hall–Kier alpha value is -1.88. The van der Waals surface area contributed by atoms with Gasteiger partial charge in [-0.15, -0.1) is 0 Å². The first-order valence-electron chi connectivity index (χ1n) is 5.38. The standard InChI is InChI=1S/C12H13NO4/c14-9-5-6-10(15)13-11(9)7-1-3-8(4-2-7)12(16)17/h1-4,9,11,14H,5-6H2,(H,13,15)(H,16,17). The molecule has 0 aliphatic carbocycles. The van der Waals surface area contributed by atoms with Crippen molar-refractivity contribution in [2.24, 2.45) is 0 Å². The minimum absolute atomic E-state index is 0.0948. The van der Waals surface area contributed by atoms with Crippen LogP contribution in [-0.2, 0) is 4.79 Å². The highest BCUT2D eigenvalue weighted by Gasteiger charge is 2.28. The van der Waals surface area contributed by atoms with Crippen LogP contribution in [0.5, 0.6) is 0 Å². The molecule has 1 saturated heterocycles. The minimum atomic E-state index is -0.996. The number of carbonyl (C=O) groups is 2. The van der Waals surface area contributed by atoms with Gasteiger partial charge in [0.05, 0.1) is 17.7 Å². The van der Waals surface area contributed by atoms with Crippen molar-refractivity contribution >= 4 is 11.9 Å². The van der Waals surface area contributed by atoms with Crippen molar-refractivity contribution in [3.8, 4) is 0 Å². The van der Waals surface area contributed by atoms with Crippen LogP contribution < -0.4 is 5.32 Å². The predicted octanol–water partition coefficient (Wildman–Crippen LogP) is 0.697. The van der Waals surface area contributed by atoms with Gasteiger partial charge in [0.2, 0.25) is 5.91 Å². The van der Waals surface area contributed by atoms with Crippen molar-refractivity contribution in [3.63, 3.8) is 0 Å². The molecule has 1 amide bonds. The number of hydrogen-bond donors (Lipinski definition) is 3. The summed E-state index contributed by atoms with van der Waals surface area (Å²) >= 11 is 0. The predicted molar refractivity (Wildman–Crippen MR) is 59.5 cm³/mol. The highest BCUT2D eigenvalue weighted by atomic mass is 16.4. The number of carboxylic acids is 1. The van der Waals surface area contributed by atoms with Crippen LogP contribution in [0, 0.1) is 0 Å². The van der Waals surface area contributed by atoms with Crippen molar-refractivity contribution in [3.05, 3.63) is 35.4 Å². The van der Waals surface area contributed by atoms with Crippen LogP contribution in [0.25, 0.3) is 0 Å². The summed E-state index contributed by atoms with van der Waals surface area (Å²) in [7, 11) is 0. The van der Waals surface area contributed by atoms with Gasteiger partial charge >= 0.3 is 5.97 Å². The lowest BCUT2D eigenvalue weighted by Crippen LogP contribution is -2.41. The number of amides is 1. The molecule has 90 valence electrons. The van der Waals surface area contributed by atoms with Crippen LogP contribution in [0.2, 0.25) is 0 Å². The monoisotopic (exact) mass is 235 g/mol. The van der Waals surface area contributed by atoms with Gasteiger partial charge in [-0.2, -0.15) is 0 Å². The maximum Gasteiger partial charge on any atom is 0.335 e. The SMILES string of the molecule is O=C1CCC(O)C(c2ccc(C(=O)O)cc2)N1. The zero-order chi connectivity index (χ0) is 12.4. The van der Waals surface area contributed by atoms with E-state index in [1.807, 2.05) is 0 Å². The summed E-state index contributed by atoms with van der Waals surface area (Å²) in [5.41, 5.74) is 0.904. The maximum atomic E-state index is 11.3. The molecule has 17 heavy (non-hydrogen) atoms. The van der Waals surface area contributed by atoms with Crippen molar-refractivity contribution < 1.29 is 19.8 Å². The molecule has 1 fully saturated rings. The molecule has 2 atom stereocenters. The normalized spacial score (nSPS) is 24.2. The van der Waals surface area contributed by atoms with Crippen LogP contribution in [0.3, 0.4) is 0 Å². The third kappa shape index (κ3) is 2.45. The molecule has 2 unspecified atom stereocenters. The summed E-state index contributed by atoms with van der Waals surface area (Å²) in [5, 5.41) is 21.2. The fourth-order valence-corrected chi connectivity index (χ4v) is 1.93. The van der Waals surface area contributed by atoms with Gasteiger partial charge in [0.25, 0.3) is 0 Å². The topological polar surface area (TPSA) is 86.6 Å². The van der Waals surface area contributed by atoms with Crippen LogP contribution in [0.1, 0.15) is 34.8 Å². The number of piperidine rings is 1. The maximum absolute atomic E-state index is 11.3. The first kappa shape index (κ1) is 11.6. The molecule has 5 nitrogen and oxygen atoms in total. The van der Waals surface area contributed by atoms with E-state index >= 15 is 0 Å². The van der Waals surface area contributed by atoms with Crippen LogP contribution >= 0.6 is 0 Å². The van der Waals surface area contributed by atoms with Crippen LogP contribution in [0.15, 0.2) is 24.3 Å². The Bertz CT molecular complexity index is 440. The number of aromatic carboxylic acids is 1. The summed E-state index contributed by atoms with van der Waals surface area (Å²) in [6, 6.07) is 5.71. The van der Waals surface area contributed by atoms with Gasteiger partial charge in [0.1, 0.15) is 0 Å². The van der Waals surface area contributed by atoms with E-state index in [1.54, 1.807) is 12.1 Å². The number of aliphatic hydroxyl groups is 1. The molecule has 1 aromatic rings. The van der Waals surface area contributed by atoms with Gasteiger partial charge in [-0.3, -0.25) is 4.79 Å². The quantitative estimate of drug-likeness (QED) is 0.704. The van der Waals surface area contributed by atoms with Crippen molar-refractivity contribution in [1.82, 2.24) is 5.32 Å². The van der Waals surface area contributed by atoms with E-state index in [4.69, 9.17) is 5.11 Å². The van der Waals surface area contributed by atoms with E-state index in [9.17, 15) is 14.7 Å². The molecule has 3 N–H and O–H groups in total. The number of nitrogens with one attached hydrogen (secondary N) is 1. The smallest absolute Gasteiger partial charge is 0.335 e. The van der Waals surface area contributed by atoms with E-state index < -0.39 is 18.1 Å². The molecule has 0 saturated carbocycles. The summed E-state index contributed by atoms with van der Waals surface area (Å²) in [5.74, 6) is -1.09. The second-order valence-electron chi connectivity index (χ2n) is 4.08. The van der Waals surface area contributed by atoms with Gasteiger partial charge in [-0.25, -0.2) is 4.79 Å². The second-order valence-corrected chi connectivity index (χ2v) is 4.08. The average Bonchev–Trinajstić information content (AvgIpc) is 2.32. The molecule has 2 rings (SSSR count). The molecular weight excluding hydrogens is 222 g/mol. The molecule has 0 bridgehead atoms. The number of carboxylic acid groups (broad SMARTS) is 1. The number of aliphatic hydroxyl groups excluding tert-OH is 1. The summed E-state index contributed by atoms with van der Waals surface area (Å²) in [6.45, 7) is 0. The van der Waals surface area contributed by atoms with Gasteiger partial charge in [0.15, 0.2) is 0 Å². The molecule has 0 radical (unpaired) electrons. The Labute approximate surface area is 98.1 Å². The van der Waals surface area contributed by atoms with Gasteiger partial charge in [-0.1, -0.05) is 12.1 Å². The largest absolute Gasteiger partial charge is 0.478 e. The molecule has 1 aromatic carbocycles. The van der Waals surface area contributed by atoms with E-state index in [1.165, 1.54) is 12.1 Å². The Balaban J connectivity index is 2.21. The van der Waals surface area contributed by atoms with E-state index in [0.29, 0.717) is 12.8 Å². The lowest BCUT2D eigenvalue weighted by atomic mass is 9.94. The Morgan fingerprint density at radius 3 is 2.53 bits per heavy atom. The van der Waals surface area contributed by atoms with Crippen molar-refractivity contribution in [2.75, 3.05) is 0 Å². The fraction of sp³-hybridized carbons (Fsp3) is 0.333. The highest BCUT2D eigenvalue weighted by molar-refractivity contribution is 5.87. The van der Waals surface area contributed by atoms with Crippen molar-refractivity contribution in [2.45, 2.75) is 25.0 Å². The van der Waals surface area contributed by atoms with E-state index in [2.05, 4.69) is 5.32 Å². The minimum Gasteiger partial charge on any atom is -0.478 e. The first-order valence-corrected chi connectivity index (χ1v) is 5.38.